The van der Waals surface area contributed by atoms with Gasteiger partial charge in [-0.15, -0.1) is 12.4 Å². The lowest BCUT2D eigenvalue weighted by molar-refractivity contribution is -0.141. The Morgan fingerprint density at radius 1 is 1.36 bits per heavy atom. The summed E-state index contributed by atoms with van der Waals surface area (Å²) in [6.07, 6.45) is 3.25. The highest BCUT2D eigenvalue weighted by Crippen LogP contribution is 2.25. The van der Waals surface area contributed by atoms with E-state index in [1.54, 1.807) is 0 Å². The summed E-state index contributed by atoms with van der Waals surface area (Å²) in [5.74, 6) is 0.234. The monoisotopic (exact) mass is 388 g/mol. The van der Waals surface area contributed by atoms with Crippen LogP contribution in [0.15, 0.2) is 28.7 Å². The number of hydrogen-bond donors (Lipinski definition) is 1. The SMILES string of the molecule is Cl.O=C(C1CCCCN1)N1CCOC(c2cccc(Br)c2)C1. The van der Waals surface area contributed by atoms with E-state index >= 15 is 0 Å². The number of ether oxygens (including phenoxy) is 1. The molecular formula is C16H22BrClN2O2. The highest BCUT2D eigenvalue weighted by Gasteiger charge is 2.30. The van der Waals surface area contributed by atoms with Crippen molar-refractivity contribution < 1.29 is 9.53 Å². The van der Waals surface area contributed by atoms with Crippen LogP contribution in [0.3, 0.4) is 0 Å². The number of amides is 1. The van der Waals surface area contributed by atoms with Crippen LogP contribution in [0, 0.1) is 0 Å². The first kappa shape index (κ1) is 17.7. The second-order valence-electron chi connectivity index (χ2n) is 5.70. The predicted molar refractivity (Wildman–Crippen MR) is 92.3 cm³/mol. The number of carbonyl (C=O) groups is 1. The number of rotatable bonds is 2. The topological polar surface area (TPSA) is 41.6 Å². The number of hydrogen-bond acceptors (Lipinski definition) is 3. The molecule has 0 bridgehead atoms. The van der Waals surface area contributed by atoms with Gasteiger partial charge in [0.05, 0.1) is 19.2 Å². The van der Waals surface area contributed by atoms with E-state index in [4.69, 9.17) is 4.74 Å². The van der Waals surface area contributed by atoms with Crippen molar-refractivity contribution in [3.63, 3.8) is 0 Å². The van der Waals surface area contributed by atoms with E-state index in [1.807, 2.05) is 17.0 Å². The van der Waals surface area contributed by atoms with Gasteiger partial charge in [-0.2, -0.15) is 0 Å². The Labute approximate surface area is 146 Å². The van der Waals surface area contributed by atoms with Crippen LogP contribution >= 0.6 is 28.3 Å². The van der Waals surface area contributed by atoms with Gasteiger partial charge in [0.2, 0.25) is 5.91 Å². The van der Waals surface area contributed by atoms with Gasteiger partial charge in [-0.25, -0.2) is 0 Å². The van der Waals surface area contributed by atoms with E-state index < -0.39 is 0 Å². The number of morpholine rings is 1. The van der Waals surface area contributed by atoms with E-state index in [0.717, 1.165) is 29.4 Å². The van der Waals surface area contributed by atoms with Gasteiger partial charge in [0.15, 0.2) is 0 Å². The molecule has 2 aliphatic heterocycles. The minimum absolute atomic E-state index is 0. The van der Waals surface area contributed by atoms with Crippen LogP contribution in [-0.2, 0) is 9.53 Å². The van der Waals surface area contributed by atoms with E-state index in [1.165, 1.54) is 6.42 Å². The molecule has 2 saturated heterocycles. The van der Waals surface area contributed by atoms with E-state index in [-0.39, 0.29) is 30.5 Å². The lowest BCUT2D eigenvalue weighted by Crippen LogP contribution is -2.52. The fourth-order valence-electron chi connectivity index (χ4n) is 3.04. The maximum atomic E-state index is 12.6. The second-order valence-corrected chi connectivity index (χ2v) is 6.62. The maximum Gasteiger partial charge on any atom is 0.239 e. The molecule has 1 amide bonds. The molecule has 1 N–H and O–H groups in total. The van der Waals surface area contributed by atoms with Crippen LogP contribution < -0.4 is 5.32 Å². The predicted octanol–water partition coefficient (Wildman–Crippen LogP) is 2.91. The fourth-order valence-corrected chi connectivity index (χ4v) is 3.46. The molecule has 4 nitrogen and oxygen atoms in total. The number of carbonyl (C=O) groups excluding carboxylic acids is 1. The second kappa shape index (κ2) is 8.29. The zero-order valence-electron chi connectivity index (χ0n) is 12.5. The normalized spacial score (nSPS) is 25.4. The first-order chi connectivity index (χ1) is 10.2. The Morgan fingerprint density at radius 2 is 2.23 bits per heavy atom. The average molecular weight is 390 g/mol. The van der Waals surface area contributed by atoms with Crippen molar-refractivity contribution in [2.24, 2.45) is 0 Å². The van der Waals surface area contributed by atoms with Crippen LogP contribution in [0.4, 0.5) is 0 Å². The number of halogens is 2. The number of nitrogens with zero attached hydrogens (tertiary/aromatic N) is 1. The molecule has 2 aliphatic rings. The van der Waals surface area contributed by atoms with E-state index in [9.17, 15) is 4.79 Å². The molecule has 0 aliphatic carbocycles. The van der Waals surface area contributed by atoms with Crippen molar-refractivity contribution in [1.29, 1.82) is 0 Å². The largest absolute Gasteiger partial charge is 0.370 e. The van der Waals surface area contributed by atoms with Crippen LogP contribution in [-0.4, -0.2) is 43.1 Å². The molecule has 22 heavy (non-hydrogen) atoms. The molecule has 0 saturated carbocycles. The third kappa shape index (κ3) is 4.22. The standard InChI is InChI=1S/C16H21BrN2O2.ClH/c17-13-5-3-4-12(10-13)15-11-19(8-9-21-15)16(20)14-6-1-2-7-18-14;/h3-5,10,14-15,18H,1-2,6-9,11H2;1H. The molecule has 2 atom stereocenters. The summed E-state index contributed by atoms with van der Waals surface area (Å²) < 4.78 is 6.89. The Bertz CT molecular complexity index is 509. The third-order valence-corrected chi connectivity index (χ3v) is 4.70. The molecule has 6 heteroatoms. The van der Waals surface area contributed by atoms with Crippen molar-refractivity contribution in [3.05, 3.63) is 34.3 Å². The first-order valence-corrected chi connectivity index (χ1v) is 8.42. The van der Waals surface area contributed by atoms with Crippen LogP contribution in [0.5, 0.6) is 0 Å². The fraction of sp³-hybridized carbons (Fsp3) is 0.562. The zero-order valence-corrected chi connectivity index (χ0v) is 14.9. The number of nitrogens with one attached hydrogen (secondary N) is 1. The smallest absolute Gasteiger partial charge is 0.239 e. The summed E-state index contributed by atoms with van der Waals surface area (Å²) in [5, 5.41) is 3.34. The van der Waals surface area contributed by atoms with Gasteiger partial charge in [-0.1, -0.05) is 34.5 Å². The summed E-state index contributed by atoms with van der Waals surface area (Å²) in [7, 11) is 0. The summed E-state index contributed by atoms with van der Waals surface area (Å²) in [6, 6.07) is 8.13. The minimum atomic E-state index is -0.0243. The molecule has 122 valence electrons. The maximum absolute atomic E-state index is 12.6. The summed E-state index contributed by atoms with van der Waals surface area (Å²) in [6.45, 7) is 2.90. The van der Waals surface area contributed by atoms with Gasteiger partial charge in [-0.3, -0.25) is 4.79 Å². The third-order valence-electron chi connectivity index (χ3n) is 4.21. The van der Waals surface area contributed by atoms with Gasteiger partial charge in [0, 0.05) is 11.0 Å². The van der Waals surface area contributed by atoms with Crippen LogP contribution in [0.2, 0.25) is 0 Å². The van der Waals surface area contributed by atoms with Gasteiger partial charge in [-0.05, 0) is 37.1 Å². The molecule has 1 aromatic rings. The molecule has 2 unspecified atom stereocenters. The zero-order chi connectivity index (χ0) is 14.7. The first-order valence-electron chi connectivity index (χ1n) is 7.63. The Morgan fingerprint density at radius 3 is 2.95 bits per heavy atom. The molecule has 1 aromatic carbocycles. The van der Waals surface area contributed by atoms with Gasteiger partial charge >= 0.3 is 0 Å². The van der Waals surface area contributed by atoms with Gasteiger partial charge in [0.25, 0.3) is 0 Å². The highest BCUT2D eigenvalue weighted by atomic mass is 79.9. The van der Waals surface area contributed by atoms with Crippen molar-refractivity contribution in [2.75, 3.05) is 26.2 Å². The summed E-state index contributed by atoms with van der Waals surface area (Å²) in [5.41, 5.74) is 1.12. The van der Waals surface area contributed by atoms with Crippen molar-refractivity contribution >= 4 is 34.2 Å². The van der Waals surface area contributed by atoms with E-state index in [2.05, 4.69) is 33.4 Å². The molecular weight excluding hydrogens is 368 g/mol. The quantitative estimate of drug-likeness (QED) is 0.845. The highest BCUT2D eigenvalue weighted by molar-refractivity contribution is 9.10. The molecule has 0 spiro atoms. The molecule has 3 rings (SSSR count). The molecule has 0 aromatic heterocycles. The lowest BCUT2D eigenvalue weighted by atomic mass is 10.0. The van der Waals surface area contributed by atoms with Crippen LogP contribution in [0.25, 0.3) is 0 Å². The molecule has 2 fully saturated rings. The Balaban J connectivity index is 0.00000176. The van der Waals surface area contributed by atoms with Crippen molar-refractivity contribution in [1.82, 2.24) is 10.2 Å². The van der Waals surface area contributed by atoms with Gasteiger partial charge < -0.3 is 15.0 Å². The molecule has 0 radical (unpaired) electrons. The van der Waals surface area contributed by atoms with E-state index in [0.29, 0.717) is 19.7 Å². The summed E-state index contributed by atoms with van der Waals surface area (Å²) >= 11 is 3.49. The van der Waals surface area contributed by atoms with Gasteiger partial charge in [0.1, 0.15) is 6.10 Å². The lowest BCUT2D eigenvalue weighted by Gasteiger charge is -2.36. The Hall–Kier alpha value is -0.620. The van der Waals surface area contributed by atoms with Crippen LogP contribution in [0.1, 0.15) is 30.9 Å². The molecule has 2 heterocycles. The minimum Gasteiger partial charge on any atom is -0.370 e. The Kier molecular flexibility index (Phi) is 6.68. The van der Waals surface area contributed by atoms with Crippen molar-refractivity contribution in [3.8, 4) is 0 Å². The van der Waals surface area contributed by atoms with Crippen molar-refractivity contribution in [2.45, 2.75) is 31.4 Å². The number of piperidine rings is 1. The number of benzene rings is 1. The average Bonchev–Trinajstić information content (AvgIpc) is 2.55. The summed E-state index contributed by atoms with van der Waals surface area (Å²) in [4.78, 5) is 14.6.